The molecule has 1 rings (SSSR count). The molecule has 0 aliphatic heterocycles. The Labute approximate surface area is 83.7 Å². The van der Waals surface area contributed by atoms with E-state index in [9.17, 15) is 0 Å². The number of hydrogen-bond donors (Lipinski definition) is 0. The van der Waals surface area contributed by atoms with Gasteiger partial charge < -0.3 is 0 Å². The Balaban J connectivity index is 2.51. The van der Waals surface area contributed by atoms with E-state index in [2.05, 4.69) is 50.0 Å². The van der Waals surface area contributed by atoms with Crippen molar-refractivity contribution >= 4 is 10.0 Å². The molecule has 0 amide bonds. The predicted molar refractivity (Wildman–Crippen MR) is 65.1 cm³/mol. The van der Waals surface area contributed by atoms with Crippen molar-refractivity contribution in [3.05, 3.63) is 35.4 Å². The van der Waals surface area contributed by atoms with E-state index < -0.39 is 0 Å². The van der Waals surface area contributed by atoms with E-state index in [-0.39, 0.29) is 10.0 Å². The van der Waals surface area contributed by atoms with Crippen molar-refractivity contribution < 1.29 is 0 Å². The minimum absolute atomic E-state index is 0.332. The molecule has 0 heterocycles. The van der Waals surface area contributed by atoms with Crippen LogP contribution in [0.5, 0.6) is 0 Å². The topological polar surface area (TPSA) is 0 Å². The fourth-order valence-corrected chi connectivity index (χ4v) is 2.03. The summed E-state index contributed by atoms with van der Waals surface area (Å²) in [4.78, 5) is 0. The van der Waals surface area contributed by atoms with Gasteiger partial charge in [-0.1, -0.05) is 29.8 Å². The molecule has 0 fully saturated rings. The van der Waals surface area contributed by atoms with Gasteiger partial charge in [-0.25, -0.2) is 10.0 Å². The number of benzene rings is 1. The number of aryl methyl sites for hydroxylation is 2. The summed E-state index contributed by atoms with van der Waals surface area (Å²) in [6.07, 6.45) is 8.36. The second-order valence-corrected chi connectivity index (χ2v) is 9.12. The van der Waals surface area contributed by atoms with Gasteiger partial charge in [0, 0.05) is 0 Å². The largest absolute Gasteiger partial charge is 0.249 e. The number of hydrogen-bond acceptors (Lipinski definition) is 0. The standard InChI is InChI=1S/C12H20S/c1-11-5-7-12(8-6-11)9-10-13(2,3)4/h5-8H,9-10H2,1-4H3. The average Bonchev–Trinajstić information content (AvgIpc) is 2.02. The summed E-state index contributed by atoms with van der Waals surface area (Å²) >= 11 is 0. The SMILES string of the molecule is Cc1ccc(CCS(C)(C)C)cc1. The fourth-order valence-electron chi connectivity index (χ4n) is 1.18. The van der Waals surface area contributed by atoms with Crippen LogP contribution in [0.2, 0.25) is 0 Å². The van der Waals surface area contributed by atoms with Crippen LogP contribution in [-0.4, -0.2) is 24.5 Å². The zero-order chi connectivity index (χ0) is 9.90. The molecule has 1 aromatic rings. The van der Waals surface area contributed by atoms with Gasteiger partial charge in [0.15, 0.2) is 0 Å². The third-order valence-corrected chi connectivity index (χ3v) is 3.55. The zero-order valence-electron chi connectivity index (χ0n) is 9.13. The van der Waals surface area contributed by atoms with E-state index in [4.69, 9.17) is 0 Å². The van der Waals surface area contributed by atoms with Crippen LogP contribution >= 0.6 is 10.0 Å². The maximum absolute atomic E-state index is 2.38. The third kappa shape index (κ3) is 4.37. The van der Waals surface area contributed by atoms with Crippen LogP contribution in [0.25, 0.3) is 0 Å². The molecule has 0 unspecified atom stereocenters. The molecule has 0 nitrogen and oxygen atoms in total. The van der Waals surface area contributed by atoms with Gasteiger partial charge in [-0.2, -0.15) is 0 Å². The van der Waals surface area contributed by atoms with Gasteiger partial charge in [0.2, 0.25) is 0 Å². The maximum atomic E-state index is 2.38. The van der Waals surface area contributed by atoms with Crippen molar-refractivity contribution in [2.75, 3.05) is 24.5 Å². The first-order valence-electron chi connectivity index (χ1n) is 4.69. The smallest absolute Gasteiger partial charge is 0.0195 e. The Morgan fingerprint density at radius 1 is 1.00 bits per heavy atom. The summed E-state index contributed by atoms with van der Waals surface area (Å²) in [5.41, 5.74) is 2.83. The van der Waals surface area contributed by atoms with Gasteiger partial charge in [0.25, 0.3) is 0 Å². The van der Waals surface area contributed by atoms with E-state index in [1.54, 1.807) is 0 Å². The molecule has 0 aromatic heterocycles. The van der Waals surface area contributed by atoms with E-state index in [0.717, 1.165) is 0 Å². The van der Waals surface area contributed by atoms with Gasteiger partial charge in [0.05, 0.1) is 0 Å². The lowest BCUT2D eigenvalue weighted by Crippen LogP contribution is -2.01. The van der Waals surface area contributed by atoms with Crippen LogP contribution in [0.15, 0.2) is 24.3 Å². The average molecular weight is 196 g/mol. The Kier molecular flexibility index (Phi) is 3.43. The van der Waals surface area contributed by atoms with Crippen LogP contribution in [0.1, 0.15) is 11.1 Å². The van der Waals surface area contributed by atoms with Crippen LogP contribution < -0.4 is 0 Å². The Hall–Kier alpha value is -0.430. The van der Waals surface area contributed by atoms with Gasteiger partial charge in [-0.05, 0) is 43.4 Å². The van der Waals surface area contributed by atoms with E-state index in [0.29, 0.717) is 0 Å². The number of rotatable bonds is 3. The lowest BCUT2D eigenvalue weighted by molar-refractivity contribution is 1.14. The van der Waals surface area contributed by atoms with E-state index >= 15 is 0 Å². The lowest BCUT2D eigenvalue weighted by Gasteiger charge is -2.24. The molecular weight excluding hydrogens is 176 g/mol. The highest BCUT2D eigenvalue weighted by atomic mass is 32.3. The second kappa shape index (κ2) is 4.19. The van der Waals surface area contributed by atoms with Crippen molar-refractivity contribution in [1.82, 2.24) is 0 Å². The quantitative estimate of drug-likeness (QED) is 0.696. The van der Waals surface area contributed by atoms with Crippen LogP contribution in [-0.2, 0) is 6.42 Å². The first-order chi connectivity index (χ1) is 5.97. The fraction of sp³-hybridized carbons (Fsp3) is 0.500. The van der Waals surface area contributed by atoms with Crippen molar-refractivity contribution in [3.63, 3.8) is 0 Å². The highest BCUT2D eigenvalue weighted by Crippen LogP contribution is 2.34. The molecule has 0 atom stereocenters. The molecule has 0 N–H and O–H groups in total. The van der Waals surface area contributed by atoms with Gasteiger partial charge in [-0.15, -0.1) is 0 Å². The molecule has 0 saturated heterocycles. The Bertz CT molecular complexity index is 253. The molecule has 0 aliphatic carbocycles. The van der Waals surface area contributed by atoms with Crippen LogP contribution in [0.4, 0.5) is 0 Å². The first-order valence-corrected chi connectivity index (χ1v) is 7.72. The second-order valence-electron chi connectivity index (χ2n) is 4.53. The summed E-state index contributed by atoms with van der Waals surface area (Å²) in [6.45, 7) is 2.14. The minimum Gasteiger partial charge on any atom is -0.249 e. The molecule has 1 aromatic carbocycles. The maximum Gasteiger partial charge on any atom is -0.0195 e. The van der Waals surface area contributed by atoms with Crippen LogP contribution in [0.3, 0.4) is 0 Å². The molecule has 0 spiro atoms. The highest BCUT2D eigenvalue weighted by Gasteiger charge is 2.03. The molecular formula is C12H20S. The van der Waals surface area contributed by atoms with E-state index in [1.165, 1.54) is 23.3 Å². The summed E-state index contributed by atoms with van der Waals surface area (Å²) in [6, 6.07) is 8.90. The first kappa shape index (κ1) is 10.6. The highest BCUT2D eigenvalue weighted by molar-refractivity contribution is 8.32. The van der Waals surface area contributed by atoms with Crippen molar-refractivity contribution in [3.8, 4) is 0 Å². The lowest BCUT2D eigenvalue weighted by atomic mass is 10.1. The molecule has 74 valence electrons. The monoisotopic (exact) mass is 196 g/mol. The molecule has 13 heavy (non-hydrogen) atoms. The summed E-state index contributed by atoms with van der Waals surface area (Å²) < 4.78 is 0. The third-order valence-electron chi connectivity index (χ3n) is 2.12. The summed E-state index contributed by atoms with van der Waals surface area (Å²) in [5.74, 6) is 1.34. The van der Waals surface area contributed by atoms with Crippen molar-refractivity contribution in [2.24, 2.45) is 0 Å². The van der Waals surface area contributed by atoms with E-state index in [1.807, 2.05) is 0 Å². The van der Waals surface area contributed by atoms with Crippen LogP contribution in [0, 0.1) is 6.92 Å². The molecule has 0 saturated carbocycles. The van der Waals surface area contributed by atoms with Gasteiger partial charge in [0.1, 0.15) is 0 Å². The predicted octanol–water partition coefficient (Wildman–Crippen LogP) is 3.23. The van der Waals surface area contributed by atoms with Gasteiger partial charge in [-0.3, -0.25) is 0 Å². The summed E-state index contributed by atoms with van der Waals surface area (Å²) in [7, 11) is -0.332. The van der Waals surface area contributed by atoms with Crippen molar-refractivity contribution in [2.45, 2.75) is 13.3 Å². The Morgan fingerprint density at radius 3 is 2.00 bits per heavy atom. The minimum atomic E-state index is -0.332. The molecule has 1 heteroatoms. The molecule has 0 radical (unpaired) electrons. The Morgan fingerprint density at radius 2 is 1.54 bits per heavy atom. The van der Waals surface area contributed by atoms with Crippen molar-refractivity contribution in [1.29, 1.82) is 0 Å². The molecule has 0 aliphatic rings. The van der Waals surface area contributed by atoms with Gasteiger partial charge >= 0.3 is 0 Å². The zero-order valence-corrected chi connectivity index (χ0v) is 9.95. The normalized spacial score (nSPS) is 12.9. The summed E-state index contributed by atoms with van der Waals surface area (Å²) in [5, 5.41) is 0. The molecule has 0 bridgehead atoms.